The largest absolute Gasteiger partial charge is 0.508 e. The van der Waals surface area contributed by atoms with Crippen LogP contribution in [0.4, 0.5) is 0 Å². The normalized spacial score (nSPS) is 10.5. The maximum Gasteiger partial charge on any atom is 0.115 e. The molecule has 2 rings (SSSR count). The first-order chi connectivity index (χ1) is 8.24. The highest BCUT2D eigenvalue weighted by atomic mass is 16.3. The zero-order valence-corrected chi connectivity index (χ0v) is 10.4. The molecule has 2 aromatic rings. The summed E-state index contributed by atoms with van der Waals surface area (Å²) in [5, 5.41) is 9.52. The Bertz CT molecular complexity index is 515. The topological polar surface area (TPSA) is 20.2 Å². The highest BCUT2D eigenvalue weighted by molar-refractivity contribution is 5.69. The van der Waals surface area contributed by atoms with Crippen molar-refractivity contribution in [3.05, 3.63) is 53.6 Å². The predicted octanol–water partition coefficient (Wildman–Crippen LogP) is 4.18. The molecule has 2 aromatic carbocycles. The van der Waals surface area contributed by atoms with E-state index in [1.165, 1.54) is 22.3 Å². The quantitative estimate of drug-likeness (QED) is 0.832. The number of aryl methyl sites for hydroxylation is 2. The smallest absolute Gasteiger partial charge is 0.115 e. The third-order valence-corrected chi connectivity index (χ3v) is 3.12. The number of hydrogen-bond donors (Lipinski definition) is 1. The summed E-state index contributed by atoms with van der Waals surface area (Å²) in [6.45, 7) is 4.28. The van der Waals surface area contributed by atoms with Crippen molar-refractivity contribution in [2.24, 2.45) is 0 Å². The molecule has 0 fully saturated rings. The van der Waals surface area contributed by atoms with Gasteiger partial charge in [-0.25, -0.2) is 0 Å². The Morgan fingerprint density at radius 1 is 0.941 bits per heavy atom. The summed E-state index contributed by atoms with van der Waals surface area (Å²) in [6.07, 6.45) is 1.98. The second-order valence-electron chi connectivity index (χ2n) is 4.25. The Balaban J connectivity index is 2.51. The second-order valence-corrected chi connectivity index (χ2v) is 4.25. The van der Waals surface area contributed by atoms with Gasteiger partial charge in [-0.15, -0.1) is 0 Å². The van der Waals surface area contributed by atoms with E-state index in [1.807, 2.05) is 12.1 Å². The van der Waals surface area contributed by atoms with E-state index in [-0.39, 0.29) is 0 Å². The van der Waals surface area contributed by atoms with Crippen LogP contribution < -0.4 is 0 Å². The molecule has 0 saturated heterocycles. The number of phenols is 1. The molecular formula is C16H18O. The summed E-state index contributed by atoms with van der Waals surface area (Å²) < 4.78 is 0. The van der Waals surface area contributed by atoms with Crippen molar-refractivity contribution >= 4 is 0 Å². The zero-order valence-electron chi connectivity index (χ0n) is 10.4. The second kappa shape index (κ2) is 5.05. The molecule has 0 spiro atoms. The van der Waals surface area contributed by atoms with Crippen molar-refractivity contribution in [2.75, 3.05) is 0 Å². The zero-order chi connectivity index (χ0) is 12.3. The van der Waals surface area contributed by atoms with Gasteiger partial charge in [0, 0.05) is 0 Å². The van der Waals surface area contributed by atoms with Gasteiger partial charge in [-0.2, -0.15) is 0 Å². The van der Waals surface area contributed by atoms with E-state index in [0.717, 1.165) is 12.8 Å². The van der Waals surface area contributed by atoms with Crippen LogP contribution in [0.25, 0.3) is 11.1 Å². The Hall–Kier alpha value is -1.76. The van der Waals surface area contributed by atoms with Crippen molar-refractivity contribution in [3.8, 4) is 16.9 Å². The van der Waals surface area contributed by atoms with Gasteiger partial charge >= 0.3 is 0 Å². The minimum atomic E-state index is 0.345. The summed E-state index contributed by atoms with van der Waals surface area (Å²) in [4.78, 5) is 0. The van der Waals surface area contributed by atoms with Crippen LogP contribution in [0, 0.1) is 0 Å². The van der Waals surface area contributed by atoms with Crippen LogP contribution in [0.15, 0.2) is 42.5 Å². The van der Waals surface area contributed by atoms with Crippen LogP contribution in [0.5, 0.6) is 5.75 Å². The lowest BCUT2D eigenvalue weighted by molar-refractivity contribution is 0.474. The van der Waals surface area contributed by atoms with Gasteiger partial charge in [-0.1, -0.05) is 44.2 Å². The molecule has 0 unspecified atom stereocenters. The van der Waals surface area contributed by atoms with Crippen molar-refractivity contribution in [1.29, 1.82) is 0 Å². The summed E-state index contributed by atoms with van der Waals surface area (Å²) in [7, 11) is 0. The van der Waals surface area contributed by atoms with Gasteiger partial charge < -0.3 is 5.11 Å². The van der Waals surface area contributed by atoms with Gasteiger partial charge in [0.15, 0.2) is 0 Å². The highest BCUT2D eigenvalue weighted by Gasteiger charge is 2.05. The van der Waals surface area contributed by atoms with Gasteiger partial charge in [0.05, 0.1) is 0 Å². The number of phenolic OH excluding ortho intramolecular Hbond substituents is 1. The van der Waals surface area contributed by atoms with Gasteiger partial charge in [-0.05, 0) is 47.2 Å². The standard InChI is InChI=1S/C16H18O/c1-3-12-6-5-7-14(10-12)16-9-8-15(17)11-13(16)4-2/h5-11,17H,3-4H2,1-2H3. The van der Waals surface area contributed by atoms with Gasteiger partial charge in [0.1, 0.15) is 5.75 Å². The fourth-order valence-electron chi connectivity index (χ4n) is 2.11. The molecule has 0 radical (unpaired) electrons. The third kappa shape index (κ3) is 2.50. The lowest BCUT2D eigenvalue weighted by Gasteiger charge is -2.10. The first kappa shape index (κ1) is 11.7. The Kier molecular flexibility index (Phi) is 3.48. The molecule has 0 aliphatic heterocycles. The minimum absolute atomic E-state index is 0.345. The maximum atomic E-state index is 9.52. The van der Waals surface area contributed by atoms with Crippen LogP contribution in [0.1, 0.15) is 25.0 Å². The lowest BCUT2D eigenvalue weighted by atomic mass is 9.96. The van der Waals surface area contributed by atoms with E-state index in [4.69, 9.17) is 0 Å². The number of hydrogen-bond acceptors (Lipinski definition) is 1. The Morgan fingerprint density at radius 2 is 1.76 bits per heavy atom. The van der Waals surface area contributed by atoms with E-state index in [9.17, 15) is 5.11 Å². The van der Waals surface area contributed by atoms with Crippen molar-refractivity contribution in [2.45, 2.75) is 26.7 Å². The Morgan fingerprint density at radius 3 is 2.47 bits per heavy atom. The molecule has 1 N–H and O–H groups in total. The average molecular weight is 226 g/mol. The van der Waals surface area contributed by atoms with Crippen molar-refractivity contribution in [1.82, 2.24) is 0 Å². The fraction of sp³-hybridized carbons (Fsp3) is 0.250. The van der Waals surface area contributed by atoms with E-state index in [2.05, 4.69) is 38.1 Å². The van der Waals surface area contributed by atoms with Gasteiger partial charge in [-0.3, -0.25) is 0 Å². The van der Waals surface area contributed by atoms with Crippen molar-refractivity contribution < 1.29 is 5.11 Å². The molecule has 0 aliphatic carbocycles. The monoisotopic (exact) mass is 226 g/mol. The molecule has 0 aromatic heterocycles. The molecule has 0 heterocycles. The minimum Gasteiger partial charge on any atom is -0.508 e. The molecule has 17 heavy (non-hydrogen) atoms. The van der Waals surface area contributed by atoms with E-state index < -0.39 is 0 Å². The molecular weight excluding hydrogens is 208 g/mol. The lowest BCUT2D eigenvalue weighted by Crippen LogP contribution is -1.89. The summed E-state index contributed by atoms with van der Waals surface area (Å²) in [6, 6.07) is 14.2. The molecule has 0 saturated carbocycles. The maximum absolute atomic E-state index is 9.52. The highest BCUT2D eigenvalue weighted by Crippen LogP contribution is 2.28. The Labute approximate surface area is 103 Å². The van der Waals surface area contributed by atoms with Crippen LogP contribution in [0.2, 0.25) is 0 Å². The molecule has 0 atom stereocenters. The molecule has 1 heteroatoms. The molecule has 0 bridgehead atoms. The summed E-state index contributed by atoms with van der Waals surface area (Å²) >= 11 is 0. The SMILES string of the molecule is CCc1cccc(-c2ccc(O)cc2CC)c1. The van der Waals surface area contributed by atoms with E-state index in [1.54, 1.807) is 6.07 Å². The van der Waals surface area contributed by atoms with Gasteiger partial charge in [0.2, 0.25) is 0 Å². The third-order valence-electron chi connectivity index (χ3n) is 3.12. The first-order valence-electron chi connectivity index (χ1n) is 6.15. The van der Waals surface area contributed by atoms with Crippen LogP contribution in [-0.4, -0.2) is 5.11 Å². The molecule has 0 amide bonds. The summed E-state index contributed by atoms with van der Waals surface area (Å²) in [5.74, 6) is 0.345. The van der Waals surface area contributed by atoms with Crippen LogP contribution in [0.3, 0.4) is 0 Å². The molecule has 1 nitrogen and oxygen atoms in total. The van der Waals surface area contributed by atoms with Crippen LogP contribution in [-0.2, 0) is 12.8 Å². The van der Waals surface area contributed by atoms with Crippen molar-refractivity contribution in [3.63, 3.8) is 0 Å². The number of benzene rings is 2. The molecule has 0 aliphatic rings. The fourth-order valence-corrected chi connectivity index (χ4v) is 2.11. The number of rotatable bonds is 3. The van der Waals surface area contributed by atoms with Crippen LogP contribution >= 0.6 is 0 Å². The summed E-state index contributed by atoms with van der Waals surface area (Å²) in [5.41, 5.74) is 5.00. The molecule has 88 valence electrons. The first-order valence-corrected chi connectivity index (χ1v) is 6.15. The van der Waals surface area contributed by atoms with E-state index in [0.29, 0.717) is 5.75 Å². The number of aromatic hydroxyl groups is 1. The van der Waals surface area contributed by atoms with E-state index >= 15 is 0 Å². The predicted molar refractivity (Wildman–Crippen MR) is 72.3 cm³/mol. The van der Waals surface area contributed by atoms with Gasteiger partial charge in [0.25, 0.3) is 0 Å². The average Bonchev–Trinajstić information content (AvgIpc) is 2.38.